The van der Waals surface area contributed by atoms with Crippen LogP contribution < -0.4 is 0 Å². The Morgan fingerprint density at radius 2 is 1.89 bits per heavy atom. The van der Waals surface area contributed by atoms with E-state index in [0.29, 0.717) is 19.6 Å². The third kappa shape index (κ3) is 6.68. The molecule has 5 nitrogen and oxygen atoms in total. The molecule has 0 aliphatic carbocycles. The third-order valence-electron chi connectivity index (χ3n) is 3.15. The molecule has 0 radical (unpaired) electrons. The van der Waals surface area contributed by atoms with E-state index >= 15 is 0 Å². The minimum Gasteiger partial charge on any atom is -0.385 e. The van der Waals surface area contributed by atoms with E-state index in [4.69, 9.17) is 8.92 Å². The molecule has 0 aromatic carbocycles. The summed E-state index contributed by atoms with van der Waals surface area (Å²) < 4.78 is 33.5. The first-order valence-corrected chi connectivity index (χ1v) is 8.23. The van der Waals surface area contributed by atoms with Crippen molar-refractivity contribution in [3.05, 3.63) is 0 Å². The highest BCUT2D eigenvalue weighted by Crippen LogP contribution is 2.10. The van der Waals surface area contributed by atoms with Crippen LogP contribution in [0, 0.1) is 0 Å². The van der Waals surface area contributed by atoms with Gasteiger partial charge in [-0.15, -0.1) is 0 Å². The Morgan fingerprint density at radius 1 is 1.22 bits per heavy atom. The van der Waals surface area contributed by atoms with Crippen LogP contribution in [0.15, 0.2) is 0 Å². The van der Waals surface area contributed by atoms with Crippen molar-refractivity contribution in [2.45, 2.75) is 38.7 Å². The molecular formula is C12H25NO4S. The van der Waals surface area contributed by atoms with E-state index in [1.807, 2.05) is 0 Å². The number of nitrogens with zero attached hydrogens (tertiary/aromatic N) is 1. The van der Waals surface area contributed by atoms with Crippen molar-refractivity contribution >= 4 is 10.1 Å². The number of hydrogen-bond acceptors (Lipinski definition) is 5. The average Bonchev–Trinajstić information content (AvgIpc) is 2.35. The number of piperidine rings is 1. The smallest absolute Gasteiger partial charge is 0.268 e. The molecule has 1 aliphatic rings. The maximum Gasteiger partial charge on any atom is 0.268 e. The Morgan fingerprint density at radius 3 is 2.50 bits per heavy atom. The molecule has 6 heteroatoms. The molecule has 1 heterocycles. The Labute approximate surface area is 111 Å². The summed E-state index contributed by atoms with van der Waals surface area (Å²) >= 11 is 0. The van der Waals surface area contributed by atoms with E-state index in [1.54, 1.807) is 14.0 Å². The molecule has 1 aliphatic heterocycles. The van der Waals surface area contributed by atoms with E-state index in [-0.39, 0.29) is 11.9 Å². The van der Waals surface area contributed by atoms with Gasteiger partial charge in [0.05, 0.1) is 11.9 Å². The van der Waals surface area contributed by atoms with Crippen LogP contribution in [0.4, 0.5) is 0 Å². The number of hydrogen-bond donors (Lipinski definition) is 0. The first-order valence-electron chi connectivity index (χ1n) is 6.66. The van der Waals surface area contributed by atoms with Crippen molar-refractivity contribution in [1.82, 2.24) is 4.90 Å². The minimum absolute atomic E-state index is 0.0876. The van der Waals surface area contributed by atoms with Crippen molar-refractivity contribution in [3.8, 4) is 0 Å². The van der Waals surface area contributed by atoms with Crippen molar-refractivity contribution < 1.29 is 17.3 Å². The average molecular weight is 279 g/mol. The molecular weight excluding hydrogens is 254 g/mol. The van der Waals surface area contributed by atoms with Gasteiger partial charge in [0.15, 0.2) is 0 Å². The van der Waals surface area contributed by atoms with Crippen LogP contribution in [0.1, 0.15) is 32.6 Å². The molecule has 1 saturated heterocycles. The van der Waals surface area contributed by atoms with Crippen molar-refractivity contribution in [1.29, 1.82) is 0 Å². The van der Waals surface area contributed by atoms with E-state index in [9.17, 15) is 8.42 Å². The maximum absolute atomic E-state index is 11.8. The summed E-state index contributed by atoms with van der Waals surface area (Å²) in [6.45, 7) is 4.88. The number of methoxy groups -OCH3 is 1. The summed E-state index contributed by atoms with van der Waals surface area (Å²) in [6, 6.07) is 0. The minimum atomic E-state index is -3.41. The van der Waals surface area contributed by atoms with Crippen LogP contribution in [0.25, 0.3) is 0 Å². The second kappa shape index (κ2) is 8.09. The van der Waals surface area contributed by atoms with Crippen molar-refractivity contribution in [3.63, 3.8) is 0 Å². The summed E-state index contributed by atoms with van der Waals surface area (Å²) in [5, 5.41) is 0. The highest BCUT2D eigenvalue weighted by Gasteiger charge is 2.18. The summed E-state index contributed by atoms with van der Waals surface area (Å²) in [6.07, 6.45) is 3.89. The Bertz CT molecular complexity index is 312. The fraction of sp³-hybridized carbons (Fsp3) is 1.00. The SMILES string of the molecule is COCCC(C)OS(=O)(=O)CCN1CCCCC1. The lowest BCUT2D eigenvalue weighted by atomic mass is 10.1. The Balaban J connectivity index is 2.25. The first-order chi connectivity index (χ1) is 8.53. The van der Waals surface area contributed by atoms with Crippen molar-refractivity contribution in [2.24, 2.45) is 0 Å². The van der Waals surface area contributed by atoms with Gasteiger partial charge < -0.3 is 9.64 Å². The molecule has 0 spiro atoms. The largest absolute Gasteiger partial charge is 0.385 e. The van der Waals surface area contributed by atoms with E-state index < -0.39 is 10.1 Å². The van der Waals surface area contributed by atoms with Crippen molar-refractivity contribution in [2.75, 3.05) is 39.1 Å². The highest BCUT2D eigenvalue weighted by atomic mass is 32.2. The summed E-state index contributed by atoms with van der Waals surface area (Å²) in [5.41, 5.74) is 0. The zero-order chi connectivity index (χ0) is 13.4. The predicted octanol–water partition coefficient (Wildman–Crippen LogP) is 1.24. The van der Waals surface area contributed by atoms with Crippen LogP contribution in [0.3, 0.4) is 0 Å². The van der Waals surface area contributed by atoms with Gasteiger partial charge in [-0.3, -0.25) is 4.18 Å². The fourth-order valence-electron chi connectivity index (χ4n) is 2.05. The third-order valence-corrected chi connectivity index (χ3v) is 4.45. The van der Waals surface area contributed by atoms with Gasteiger partial charge in [0.2, 0.25) is 0 Å². The Hall–Kier alpha value is -0.170. The first kappa shape index (κ1) is 15.9. The number of likely N-dealkylation sites (tertiary alicyclic amines) is 1. The molecule has 1 atom stereocenters. The topological polar surface area (TPSA) is 55.8 Å². The van der Waals surface area contributed by atoms with E-state index in [1.165, 1.54) is 19.3 Å². The monoisotopic (exact) mass is 279 g/mol. The molecule has 1 fully saturated rings. The standard InChI is InChI=1S/C12H25NO4S/c1-12(6-10-16-2)17-18(14,15)11-9-13-7-4-3-5-8-13/h12H,3-11H2,1-2H3. The molecule has 0 bridgehead atoms. The molecule has 1 rings (SSSR count). The lowest BCUT2D eigenvalue weighted by Crippen LogP contribution is -2.34. The second-order valence-electron chi connectivity index (χ2n) is 4.85. The fourth-order valence-corrected chi connectivity index (χ4v) is 3.23. The highest BCUT2D eigenvalue weighted by molar-refractivity contribution is 7.86. The van der Waals surface area contributed by atoms with Crippen LogP contribution in [-0.2, 0) is 19.0 Å². The zero-order valence-electron chi connectivity index (χ0n) is 11.4. The van der Waals surface area contributed by atoms with Gasteiger partial charge in [0, 0.05) is 20.3 Å². The lowest BCUT2D eigenvalue weighted by molar-refractivity contribution is 0.138. The van der Waals surface area contributed by atoms with Gasteiger partial charge in [-0.2, -0.15) is 8.42 Å². The molecule has 1 unspecified atom stereocenters. The van der Waals surface area contributed by atoms with Gasteiger partial charge in [-0.1, -0.05) is 6.42 Å². The van der Waals surface area contributed by atoms with Gasteiger partial charge in [-0.25, -0.2) is 0 Å². The number of ether oxygens (including phenoxy) is 1. The number of rotatable bonds is 8. The Kier molecular flexibility index (Phi) is 7.14. The lowest BCUT2D eigenvalue weighted by Gasteiger charge is -2.26. The van der Waals surface area contributed by atoms with E-state index in [0.717, 1.165) is 13.1 Å². The molecule has 0 N–H and O–H groups in total. The summed E-state index contributed by atoms with van der Waals surface area (Å²) in [7, 11) is -1.81. The zero-order valence-corrected chi connectivity index (χ0v) is 12.2. The van der Waals surface area contributed by atoms with Crippen LogP contribution in [0.5, 0.6) is 0 Å². The van der Waals surface area contributed by atoms with Gasteiger partial charge >= 0.3 is 0 Å². The molecule has 108 valence electrons. The molecule has 0 saturated carbocycles. The van der Waals surface area contributed by atoms with E-state index in [2.05, 4.69) is 4.90 Å². The normalized spacial score (nSPS) is 19.9. The van der Waals surface area contributed by atoms with Crippen LogP contribution in [-0.4, -0.2) is 58.5 Å². The summed E-state index contributed by atoms with van der Waals surface area (Å²) in [5.74, 6) is 0.0876. The molecule has 18 heavy (non-hydrogen) atoms. The maximum atomic E-state index is 11.8. The van der Waals surface area contributed by atoms with Crippen LogP contribution >= 0.6 is 0 Å². The molecule has 0 aromatic heterocycles. The quantitative estimate of drug-likeness (QED) is 0.626. The van der Waals surface area contributed by atoms with Gasteiger partial charge in [0.25, 0.3) is 10.1 Å². The van der Waals surface area contributed by atoms with Gasteiger partial charge in [0.1, 0.15) is 0 Å². The predicted molar refractivity (Wildman–Crippen MR) is 71.1 cm³/mol. The summed E-state index contributed by atoms with van der Waals surface area (Å²) in [4.78, 5) is 2.20. The van der Waals surface area contributed by atoms with Crippen LogP contribution in [0.2, 0.25) is 0 Å². The molecule has 0 aromatic rings. The van der Waals surface area contributed by atoms with Gasteiger partial charge in [-0.05, 0) is 39.3 Å². The molecule has 0 amide bonds. The second-order valence-corrected chi connectivity index (χ2v) is 6.57.